The Morgan fingerprint density at radius 2 is 1.74 bits per heavy atom. The highest BCUT2D eigenvalue weighted by atomic mass is 35.5. The van der Waals surface area contributed by atoms with Gasteiger partial charge in [-0.05, 0) is 62.4 Å². The van der Waals surface area contributed by atoms with Gasteiger partial charge in [-0.3, -0.25) is 9.52 Å². The van der Waals surface area contributed by atoms with E-state index >= 15 is 0 Å². The summed E-state index contributed by atoms with van der Waals surface area (Å²) in [7, 11) is -4.00. The number of benzene rings is 2. The molecule has 2 aromatic carbocycles. The van der Waals surface area contributed by atoms with Gasteiger partial charge in [-0.25, -0.2) is 8.42 Å². The molecule has 2 atom stereocenters. The summed E-state index contributed by atoms with van der Waals surface area (Å²) >= 11 is 6.09. The minimum Gasteiger partial charge on any atom is -0.618 e. The average molecular weight is 516 g/mol. The van der Waals surface area contributed by atoms with Crippen LogP contribution in [0.5, 0.6) is 0 Å². The number of hydrogen-bond acceptors (Lipinski definition) is 6. The Balaban J connectivity index is 1.60. The molecule has 0 bridgehead atoms. The molecule has 1 aliphatic heterocycles. The van der Waals surface area contributed by atoms with Crippen molar-refractivity contribution < 1.29 is 22.7 Å². The van der Waals surface area contributed by atoms with Gasteiger partial charge in [0, 0.05) is 42.4 Å². The molecule has 1 aliphatic rings. The van der Waals surface area contributed by atoms with Crippen molar-refractivity contribution >= 4 is 38.8 Å². The molecule has 4 rings (SSSR count). The van der Waals surface area contributed by atoms with E-state index in [-0.39, 0.29) is 38.9 Å². The van der Waals surface area contributed by atoms with Crippen molar-refractivity contribution in [3.8, 4) is 0 Å². The number of ketones is 1. The molecular formula is C25H26ClN3O5S. The zero-order valence-electron chi connectivity index (χ0n) is 19.6. The third-order valence-electron chi connectivity index (χ3n) is 5.77. The molecule has 1 N–H and O–H groups in total. The fourth-order valence-corrected chi connectivity index (χ4v) is 5.32. The Kier molecular flexibility index (Phi) is 7.02. The fourth-order valence-electron chi connectivity index (χ4n) is 4.07. The van der Waals surface area contributed by atoms with Gasteiger partial charge in [0.2, 0.25) is 5.78 Å². The van der Waals surface area contributed by atoms with E-state index in [1.54, 1.807) is 19.1 Å². The molecule has 0 amide bonds. The maximum atomic E-state index is 13.1. The van der Waals surface area contributed by atoms with Crippen LogP contribution < -0.4 is 14.4 Å². The SMILES string of the molecule is Cc1ccc(C(=O)c2cc(Cl)ccc2NS(=O)(=O)c2ccc(N3C[C@@H](C)O[C@@H](C)C3)cc2)c[n+]1[O-]. The molecule has 0 spiro atoms. The van der Waals surface area contributed by atoms with Crippen LogP contribution in [-0.2, 0) is 14.8 Å². The van der Waals surface area contributed by atoms with Crippen LogP contribution in [0.4, 0.5) is 11.4 Å². The zero-order chi connectivity index (χ0) is 25.3. The van der Waals surface area contributed by atoms with Crippen molar-refractivity contribution in [3.63, 3.8) is 0 Å². The number of anilines is 2. The van der Waals surface area contributed by atoms with Crippen LogP contribution in [0.25, 0.3) is 0 Å². The number of carbonyl (C=O) groups is 1. The number of halogens is 1. The van der Waals surface area contributed by atoms with E-state index in [4.69, 9.17) is 16.3 Å². The number of nitrogens with zero attached hydrogens (tertiary/aromatic N) is 2. The maximum Gasteiger partial charge on any atom is 0.261 e. The number of sulfonamides is 1. The number of rotatable bonds is 6. The van der Waals surface area contributed by atoms with Crippen molar-refractivity contribution in [2.24, 2.45) is 0 Å². The summed E-state index contributed by atoms with van der Waals surface area (Å²) in [6, 6.07) is 13.9. The Morgan fingerprint density at radius 1 is 1.09 bits per heavy atom. The van der Waals surface area contributed by atoms with Crippen molar-refractivity contribution in [1.82, 2.24) is 0 Å². The molecule has 1 aromatic heterocycles. The zero-order valence-corrected chi connectivity index (χ0v) is 21.1. The van der Waals surface area contributed by atoms with E-state index in [0.29, 0.717) is 23.5 Å². The van der Waals surface area contributed by atoms with Crippen molar-refractivity contribution in [2.75, 3.05) is 22.7 Å². The highest BCUT2D eigenvalue weighted by Gasteiger charge is 2.24. The lowest BCUT2D eigenvalue weighted by Crippen LogP contribution is -2.45. The molecule has 8 nitrogen and oxygen atoms in total. The van der Waals surface area contributed by atoms with Gasteiger partial charge < -0.3 is 14.8 Å². The largest absolute Gasteiger partial charge is 0.618 e. The third kappa shape index (κ3) is 5.58. The normalized spacial score (nSPS) is 18.3. The lowest BCUT2D eigenvalue weighted by Gasteiger charge is -2.36. The van der Waals surface area contributed by atoms with Gasteiger partial charge in [-0.2, -0.15) is 4.73 Å². The van der Waals surface area contributed by atoms with Gasteiger partial charge in [0.1, 0.15) is 0 Å². The number of aryl methyl sites for hydroxylation is 1. The molecule has 2 heterocycles. The van der Waals surface area contributed by atoms with E-state index in [9.17, 15) is 18.4 Å². The maximum absolute atomic E-state index is 13.1. The lowest BCUT2D eigenvalue weighted by molar-refractivity contribution is -0.612. The predicted octanol–water partition coefficient (Wildman–Crippen LogP) is 3.93. The number of ether oxygens (including phenoxy) is 1. The first-order valence-electron chi connectivity index (χ1n) is 11.1. The predicted molar refractivity (Wildman–Crippen MR) is 134 cm³/mol. The summed E-state index contributed by atoms with van der Waals surface area (Å²) in [4.78, 5) is 15.3. The highest BCUT2D eigenvalue weighted by Crippen LogP contribution is 2.27. The monoisotopic (exact) mass is 515 g/mol. The molecule has 3 aromatic rings. The number of hydrogen-bond donors (Lipinski definition) is 1. The van der Waals surface area contributed by atoms with E-state index in [2.05, 4.69) is 9.62 Å². The molecule has 1 saturated heterocycles. The second-order valence-corrected chi connectivity index (χ2v) is 10.8. The number of pyridine rings is 1. The van der Waals surface area contributed by atoms with Crippen molar-refractivity contribution in [3.05, 3.63) is 87.8 Å². The van der Waals surface area contributed by atoms with Crippen LogP contribution in [0.3, 0.4) is 0 Å². The van der Waals surface area contributed by atoms with E-state index in [0.717, 1.165) is 11.9 Å². The van der Waals surface area contributed by atoms with E-state index in [1.165, 1.54) is 42.5 Å². The van der Waals surface area contributed by atoms with Crippen LogP contribution in [0.15, 0.2) is 65.7 Å². The molecule has 0 unspecified atom stereocenters. The van der Waals surface area contributed by atoms with Crippen LogP contribution in [0.2, 0.25) is 5.02 Å². The smallest absolute Gasteiger partial charge is 0.261 e. The Morgan fingerprint density at radius 3 is 2.37 bits per heavy atom. The molecule has 0 aliphatic carbocycles. The highest BCUT2D eigenvalue weighted by molar-refractivity contribution is 7.92. The molecule has 10 heteroatoms. The van der Waals surface area contributed by atoms with Gasteiger partial charge in [0.15, 0.2) is 11.9 Å². The Labute approximate surface area is 209 Å². The lowest BCUT2D eigenvalue weighted by atomic mass is 10.0. The summed E-state index contributed by atoms with van der Waals surface area (Å²) < 4.78 is 35.1. The Hall–Kier alpha value is -3.14. The first kappa shape index (κ1) is 25.0. The van der Waals surface area contributed by atoms with Crippen molar-refractivity contribution in [1.29, 1.82) is 0 Å². The van der Waals surface area contributed by atoms with Crippen LogP contribution >= 0.6 is 11.6 Å². The Bertz CT molecular complexity index is 1350. The molecule has 0 saturated carbocycles. The fraction of sp³-hybridized carbons (Fsp3) is 0.280. The van der Waals surface area contributed by atoms with Crippen LogP contribution in [0, 0.1) is 12.1 Å². The summed E-state index contributed by atoms with van der Waals surface area (Å²) in [5.74, 6) is -0.527. The standard InChI is InChI=1S/C25H26ClN3O5S/c1-16-4-5-19(15-29(16)31)25(30)23-12-20(26)6-11-24(23)27-35(32,33)22-9-7-21(8-10-22)28-13-17(2)34-18(3)14-28/h4-12,15,17-18,27H,13-14H2,1-3H3/t17-,18+. The number of carbonyl (C=O) groups excluding carboxylic acids is 1. The second kappa shape index (κ2) is 9.85. The summed E-state index contributed by atoms with van der Waals surface area (Å²) in [5.41, 5.74) is 1.55. The first-order chi connectivity index (χ1) is 16.5. The van der Waals surface area contributed by atoms with Crippen LogP contribution in [0.1, 0.15) is 35.5 Å². The van der Waals surface area contributed by atoms with Crippen LogP contribution in [-0.4, -0.2) is 39.5 Å². The van der Waals surface area contributed by atoms with Gasteiger partial charge in [0.25, 0.3) is 10.0 Å². The first-order valence-corrected chi connectivity index (χ1v) is 13.0. The van der Waals surface area contributed by atoms with Gasteiger partial charge in [-0.1, -0.05) is 11.6 Å². The topological polar surface area (TPSA) is 103 Å². The third-order valence-corrected chi connectivity index (χ3v) is 7.39. The molecule has 184 valence electrons. The molecular weight excluding hydrogens is 490 g/mol. The summed E-state index contributed by atoms with van der Waals surface area (Å²) in [5, 5.41) is 12.2. The van der Waals surface area contributed by atoms with E-state index < -0.39 is 15.8 Å². The minimum absolute atomic E-state index is 0.0397. The number of nitrogens with one attached hydrogen (secondary N) is 1. The second-order valence-electron chi connectivity index (χ2n) is 8.67. The molecule has 35 heavy (non-hydrogen) atoms. The molecule has 0 radical (unpaired) electrons. The number of aromatic nitrogens is 1. The van der Waals surface area contributed by atoms with Gasteiger partial charge in [-0.15, -0.1) is 0 Å². The van der Waals surface area contributed by atoms with Gasteiger partial charge in [0.05, 0.1) is 28.4 Å². The number of morpholine rings is 1. The average Bonchev–Trinajstić information content (AvgIpc) is 2.81. The quantitative estimate of drug-likeness (QED) is 0.303. The van der Waals surface area contributed by atoms with Gasteiger partial charge >= 0.3 is 0 Å². The van der Waals surface area contributed by atoms with Crippen molar-refractivity contribution in [2.45, 2.75) is 37.9 Å². The van der Waals surface area contributed by atoms with E-state index in [1.807, 2.05) is 13.8 Å². The molecule has 1 fully saturated rings. The summed E-state index contributed by atoms with van der Waals surface area (Å²) in [6.07, 6.45) is 1.31. The summed E-state index contributed by atoms with van der Waals surface area (Å²) in [6.45, 7) is 7.06. The minimum atomic E-state index is -4.00.